The minimum absolute atomic E-state index is 0.0237. The van der Waals surface area contributed by atoms with Crippen LogP contribution in [-0.4, -0.2) is 30.4 Å². The molecule has 0 aliphatic carbocycles. The van der Waals surface area contributed by atoms with Gasteiger partial charge in [-0.3, -0.25) is 4.79 Å². The van der Waals surface area contributed by atoms with E-state index in [4.69, 9.17) is 4.74 Å². The van der Waals surface area contributed by atoms with Crippen molar-refractivity contribution in [2.45, 2.75) is 19.6 Å². The molecule has 1 N–H and O–H groups in total. The Balaban J connectivity index is 2.13. The molecule has 88 valence electrons. The lowest BCUT2D eigenvalue weighted by Crippen LogP contribution is -2.22. The third-order valence-corrected chi connectivity index (χ3v) is 1.90. The van der Waals surface area contributed by atoms with Gasteiger partial charge < -0.3 is 14.6 Å². The molecule has 1 atom stereocenters. The average molecular weight is 224 g/mol. The molecule has 16 heavy (non-hydrogen) atoms. The monoisotopic (exact) mass is 224 g/mol. The lowest BCUT2D eigenvalue weighted by atomic mass is 10.2. The van der Waals surface area contributed by atoms with Gasteiger partial charge in [-0.25, -0.2) is 0 Å². The average Bonchev–Trinajstić information content (AvgIpc) is 2.28. The third kappa shape index (κ3) is 5.48. The first-order valence-corrected chi connectivity index (χ1v) is 5.11. The van der Waals surface area contributed by atoms with Crippen molar-refractivity contribution in [1.29, 1.82) is 0 Å². The molecule has 4 heteroatoms. The van der Waals surface area contributed by atoms with E-state index in [9.17, 15) is 9.90 Å². The fourth-order valence-electron chi connectivity index (χ4n) is 1.15. The van der Waals surface area contributed by atoms with Crippen LogP contribution in [0.5, 0.6) is 0 Å². The van der Waals surface area contributed by atoms with Crippen molar-refractivity contribution in [2.24, 2.45) is 0 Å². The van der Waals surface area contributed by atoms with E-state index in [1.54, 1.807) is 0 Å². The number of esters is 1. The van der Waals surface area contributed by atoms with Gasteiger partial charge in [0.05, 0.1) is 13.2 Å². The number of hydrogen-bond acceptors (Lipinski definition) is 4. The zero-order valence-electron chi connectivity index (χ0n) is 9.26. The number of aliphatic hydroxyl groups is 1. The standard InChI is InChI=1S/C12H16O4/c1-10(13)16-9-12(14)8-15-7-11-5-3-2-4-6-11/h2-6,12,14H,7-9H2,1H3/t12-/m1/s1. The van der Waals surface area contributed by atoms with Crippen LogP contribution in [0.15, 0.2) is 30.3 Å². The molecule has 0 saturated heterocycles. The summed E-state index contributed by atoms with van der Waals surface area (Å²) in [4.78, 5) is 10.5. The maximum atomic E-state index is 10.5. The zero-order chi connectivity index (χ0) is 11.8. The SMILES string of the molecule is CC(=O)OC[C@H](O)COCc1ccccc1. The predicted octanol–water partition coefficient (Wildman–Crippen LogP) is 1.13. The van der Waals surface area contributed by atoms with Gasteiger partial charge >= 0.3 is 5.97 Å². The van der Waals surface area contributed by atoms with Gasteiger partial charge in [-0.1, -0.05) is 30.3 Å². The third-order valence-electron chi connectivity index (χ3n) is 1.90. The van der Waals surface area contributed by atoms with Crippen molar-refractivity contribution >= 4 is 5.97 Å². The number of hydrogen-bond donors (Lipinski definition) is 1. The number of aliphatic hydroxyl groups excluding tert-OH is 1. The van der Waals surface area contributed by atoms with Crippen LogP contribution in [0.4, 0.5) is 0 Å². The highest BCUT2D eigenvalue weighted by Gasteiger charge is 2.06. The molecule has 0 heterocycles. The molecule has 0 aliphatic heterocycles. The lowest BCUT2D eigenvalue weighted by Gasteiger charge is -2.10. The molecule has 0 aliphatic rings. The number of ether oxygens (including phenoxy) is 2. The van der Waals surface area contributed by atoms with Crippen molar-refractivity contribution in [3.63, 3.8) is 0 Å². The Labute approximate surface area is 94.8 Å². The minimum Gasteiger partial charge on any atom is -0.463 e. The van der Waals surface area contributed by atoms with Crippen molar-refractivity contribution in [3.8, 4) is 0 Å². The van der Waals surface area contributed by atoms with E-state index >= 15 is 0 Å². The van der Waals surface area contributed by atoms with Crippen molar-refractivity contribution in [1.82, 2.24) is 0 Å². The van der Waals surface area contributed by atoms with Gasteiger partial charge in [-0.15, -0.1) is 0 Å². The lowest BCUT2D eigenvalue weighted by molar-refractivity contribution is -0.145. The number of rotatable bonds is 6. The summed E-state index contributed by atoms with van der Waals surface area (Å²) in [7, 11) is 0. The zero-order valence-corrected chi connectivity index (χ0v) is 9.26. The van der Waals surface area contributed by atoms with E-state index < -0.39 is 12.1 Å². The van der Waals surface area contributed by atoms with Gasteiger partial charge in [0.1, 0.15) is 12.7 Å². The van der Waals surface area contributed by atoms with Crippen LogP contribution < -0.4 is 0 Å². The van der Waals surface area contributed by atoms with Crippen molar-refractivity contribution < 1.29 is 19.4 Å². The van der Waals surface area contributed by atoms with Crippen LogP contribution in [0, 0.1) is 0 Å². The van der Waals surface area contributed by atoms with E-state index in [1.807, 2.05) is 30.3 Å². The second kappa shape index (κ2) is 6.98. The van der Waals surface area contributed by atoms with Crippen LogP contribution in [0.2, 0.25) is 0 Å². The van der Waals surface area contributed by atoms with Gasteiger partial charge in [-0.2, -0.15) is 0 Å². The Hall–Kier alpha value is -1.39. The summed E-state index contributed by atoms with van der Waals surface area (Å²) in [5.74, 6) is -0.401. The first-order chi connectivity index (χ1) is 7.68. The summed E-state index contributed by atoms with van der Waals surface area (Å²) in [6.45, 7) is 1.88. The summed E-state index contributed by atoms with van der Waals surface area (Å²) in [6, 6.07) is 9.66. The molecule has 0 unspecified atom stereocenters. The molecule has 0 spiro atoms. The van der Waals surface area contributed by atoms with Gasteiger partial charge in [0.2, 0.25) is 0 Å². The highest BCUT2D eigenvalue weighted by Crippen LogP contribution is 2.01. The van der Waals surface area contributed by atoms with E-state index in [0.717, 1.165) is 5.56 Å². The first-order valence-electron chi connectivity index (χ1n) is 5.11. The minimum atomic E-state index is -0.771. The van der Waals surface area contributed by atoms with Crippen LogP contribution in [0.3, 0.4) is 0 Å². The molecular formula is C12H16O4. The predicted molar refractivity (Wildman–Crippen MR) is 58.7 cm³/mol. The van der Waals surface area contributed by atoms with Gasteiger partial charge in [0.25, 0.3) is 0 Å². The highest BCUT2D eigenvalue weighted by molar-refractivity contribution is 5.65. The normalized spacial score (nSPS) is 12.1. The summed E-state index contributed by atoms with van der Waals surface area (Å²) in [5.41, 5.74) is 1.04. The number of carbonyl (C=O) groups is 1. The number of benzene rings is 1. The Morgan fingerprint density at radius 1 is 1.31 bits per heavy atom. The van der Waals surface area contributed by atoms with Crippen LogP contribution in [-0.2, 0) is 20.9 Å². The molecule has 0 fully saturated rings. The van der Waals surface area contributed by atoms with Crippen molar-refractivity contribution in [2.75, 3.05) is 13.2 Å². The second-order valence-electron chi connectivity index (χ2n) is 3.46. The second-order valence-corrected chi connectivity index (χ2v) is 3.46. The van der Waals surface area contributed by atoms with Gasteiger partial charge in [-0.05, 0) is 5.56 Å². The van der Waals surface area contributed by atoms with E-state index in [2.05, 4.69) is 4.74 Å². The molecule has 0 radical (unpaired) electrons. The Bertz CT molecular complexity index is 310. The van der Waals surface area contributed by atoms with E-state index in [-0.39, 0.29) is 13.2 Å². The quantitative estimate of drug-likeness (QED) is 0.736. The van der Waals surface area contributed by atoms with Crippen LogP contribution in [0.25, 0.3) is 0 Å². The first kappa shape index (κ1) is 12.7. The number of carbonyl (C=O) groups excluding carboxylic acids is 1. The molecule has 1 rings (SSSR count). The van der Waals surface area contributed by atoms with Crippen molar-refractivity contribution in [3.05, 3.63) is 35.9 Å². The topological polar surface area (TPSA) is 55.8 Å². The summed E-state index contributed by atoms with van der Waals surface area (Å²) < 4.78 is 9.91. The molecule has 0 aromatic heterocycles. The summed E-state index contributed by atoms with van der Waals surface area (Å²) >= 11 is 0. The maximum Gasteiger partial charge on any atom is 0.302 e. The maximum absolute atomic E-state index is 10.5. The molecule has 4 nitrogen and oxygen atoms in total. The Morgan fingerprint density at radius 2 is 2.00 bits per heavy atom. The molecule has 0 bridgehead atoms. The molecule has 1 aromatic carbocycles. The summed E-state index contributed by atoms with van der Waals surface area (Å²) in [5, 5.41) is 9.37. The molecule has 0 amide bonds. The highest BCUT2D eigenvalue weighted by atomic mass is 16.5. The van der Waals surface area contributed by atoms with Gasteiger partial charge in [0, 0.05) is 6.92 Å². The van der Waals surface area contributed by atoms with Gasteiger partial charge in [0.15, 0.2) is 0 Å². The molecular weight excluding hydrogens is 208 g/mol. The Morgan fingerprint density at radius 3 is 2.62 bits per heavy atom. The Kier molecular flexibility index (Phi) is 5.53. The largest absolute Gasteiger partial charge is 0.463 e. The van der Waals surface area contributed by atoms with Crippen LogP contribution in [0.1, 0.15) is 12.5 Å². The molecule has 1 aromatic rings. The summed E-state index contributed by atoms with van der Waals surface area (Å²) in [6.07, 6.45) is -0.771. The fourth-order valence-corrected chi connectivity index (χ4v) is 1.15. The molecule has 0 saturated carbocycles. The van der Waals surface area contributed by atoms with Crippen LogP contribution >= 0.6 is 0 Å². The van der Waals surface area contributed by atoms with E-state index in [0.29, 0.717) is 6.61 Å². The van der Waals surface area contributed by atoms with E-state index in [1.165, 1.54) is 6.92 Å². The fraction of sp³-hybridized carbons (Fsp3) is 0.417. The smallest absolute Gasteiger partial charge is 0.302 e.